The summed E-state index contributed by atoms with van der Waals surface area (Å²) in [4.78, 5) is 12.2. The Bertz CT molecular complexity index is 269. The SMILES string of the molecule is CC1(C(=O)NC2CCSCC2)COCC1N. The smallest absolute Gasteiger partial charge is 0.230 e. The molecule has 0 aromatic heterocycles. The molecule has 5 heteroatoms. The van der Waals surface area contributed by atoms with Crippen LogP contribution in [0.4, 0.5) is 0 Å². The first-order valence-electron chi connectivity index (χ1n) is 5.85. The Morgan fingerprint density at radius 2 is 2.19 bits per heavy atom. The van der Waals surface area contributed by atoms with Crippen molar-refractivity contribution in [3.63, 3.8) is 0 Å². The highest BCUT2D eigenvalue weighted by atomic mass is 32.2. The molecule has 0 radical (unpaired) electrons. The fraction of sp³-hybridized carbons (Fsp3) is 0.909. The average Bonchev–Trinajstić information content (AvgIpc) is 2.62. The summed E-state index contributed by atoms with van der Waals surface area (Å²) in [6.07, 6.45) is 2.14. The number of carbonyl (C=O) groups excluding carboxylic acids is 1. The molecule has 0 aromatic carbocycles. The number of hydrogen-bond acceptors (Lipinski definition) is 4. The lowest BCUT2D eigenvalue weighted by Gasteiger charge is -2.30. The highest BCUT2D eigenvalue weighted by Gasteiger charge is 2.44. The summed E-state index contributed by atoms with van der Waals surface area (Å²) in [6, 6.07) is 0.156. The van der Waals surface area contributed by atoms with E-state index in [0.29, 0.717) is 19.3 Å². The van der Waals surface area contributed by atoms with Crippen molar-refractivity contribution in [3.05, 3.63) is 0 Å². The van der Waals surface area contributed by atoms with Gasteiger partial charge in [0, 0.05) is 12.1 Å². The van der Waals surface area contributed by atoms with E-state index in [4.69, 9.17) is 10.5 Å². The van der Waals surface area contributed by atoms with E-state index in [2.05, 4.69) is 5.32 Å². The summed E-state index contributed by atoms with van der Waals surface area (Å²) >= 11 is 1.96. The third-order valence-electron chi connectivity index (χ3n) is 3.59. The number of carbonyl (C=O) groups is 1. The first-order valence-corrected chi connectivity index (χ1v) is 7.00. The number of amides is 1. The molecule has 2 fully saturated rings. The second-order valence-electron chi connectivity index (χ2n) is 4.90. The molecule has 2 atom stereocenters. The highest BCUT2D eigenvalue weighted by molar-refractivity contribution is 7.99. The third-order valence-corrected chi connectivity index (χ3v) is 4.64. The molecule has 2 aliphatic heterocycles. The van der Waals surface area contributed by atoms with E-state index in [1.54, 1.807) is 0 Å². The Labute approximate surface area is 101 Å². The van der Waals surface area contributed by atoms with Crippen LogP contribution in [-0.4, -0.2) is 42.7 Å². The van der Waals surface area contributed by atoms with Crippen LogP contribution < -0.4 is 11.1 Å². The predicted octanol–water partition coefficient (Wildman–Crippen LogP) is 0.362. The minimum absolute atomic E-state index is 0.0643. The van der Waals surface area contributed by atoms with Gasteiger partial charge in [0.25, 0.3) is 0 Å². The van der Waals surface area contributed by atoms with E-state index >= 15 is 0 Å². The van der Waals surface area contributed by atoms with Gasteiger partial charge in [-0.15, -0.1) is 0 Å². The second kappa shape index (κ2) is 4.94. The lowest BCUT2D eigenvalue weighted by molar-refractivity contribution is -0.131. The number of hydrogen-bond donors (Lipinski definition) is 2. The van der Waals surface area contributed by atoms with Crippen LogP contribution >= 0.6 is 11.8 Å². The van der Waals surface area contributed by atoms with Crippen LogP contribution in [0.3, 0.4) is 0 Å². The topological polar surface area (TPSA) is 64.3 Å². The minimum Gasteiger partial charge on any atom is -0.379 e. The van der Waals surface area contributed by atoms with E-state index < -0.39 is 5.41 Å². The molecule has 2 rings (SSSR count). The maximum Gasteiger partial charge on any atom is 0.230 e. The number of nitrogens with one attached hydrogen (secondary N) is 1. The van der Waals surface area contributed by atoms with E-state index in [9.17, 15) is 4.79 Å². The van der Waals surface area contributed by atoms with E-state index in [-0.39, 0.29) is 11.9 Å². The van der Waals surface area contributed by atoms with Gasteiger partial charge in [0.05, 0.1) is 18.6 Å². The van der Waals surface area contributed by atoms with Gasteiger partial charge < -0.3 is 15.8 Å². The Morgan fingerprint density at radius 1 is 1.50 bits per heavy atom. The summed E-state index contributed by atoms with van der Waals surface area (Å²) in [5.74, 6) is 2.35. The van der Waals surface area contributed by atoms with Crippen molar-refractivity contribution in [2.24, 2.45) is 11.1 Å². The van der Waals surface area contributed by atoms with Crippen molar-refractivity contribution in [1.82, 2.24) is 5.32 Å². The van der Waals surface area contributed by atoms with Crippen molar-refractivity contribution >= 4 is 17.7 Å². The maximum absolute atomic E-state index is 12.2. The number of ether oxygens (including phenoxy) is 1. The Balaban J connectivity index is 1.91. The zero-order valence-corrected chi connectivity index (χ0v) is 10.5. The molecule has 2 saturated heterocycles. The quantitative estimate of drug-likeness (QED) is 0.736. The summed E-state index contributed by atoms with van der Waals surface area (Å²) in [5, 5.41) is 3.12. The van der Waals surface area contributed by atoms with Crippen LogP contribution in [-0.2, 0) is 9.53 Å². The van der Waals surface area contributed by atoms with E-state index in [1.165, 1.54) is 0 Å². The fourth-order valence-electron chi connectivity index (χ4n) is 2.11. The molecule has 0 bridgehead atoms. The van der Waals surface area contributed by atoms with Gasteiger partial charge in [-0.1, -0.05) is 0 Å². The second-order valence-corrected chi connectivity index (χ2v) is 6.12. The van der Waals surface area contributed by atoms with Crippen LogP contribution in [0.2, 0.25) is 0 Å². The first-order chi connectivity index (χ1) is 7.63. The number of rotatable bonds is 2. The Hall–Kier alpha value is -0.260. The lowest BCUT2D eigenvalue weighted by atomic mass is 9.84. The van der Waals surface area contributed by atoms with Crippen LogP contribution in [0.25, 0.3) is 0 Å². The molecule has 1 amide bonds. The fourth-order valence-corrected chi connectivity index (χ4v) is 3.22. The summed E-state index contributed by atoms with van der Waals surface area (Å²) in [6.45, 7) is 2.84. The summed E-state index contributed by atoms with van der Waals surface area (Å²) in [5.41, 5.74) is 5.39. The largest absolute Gasteiger partial charge is 0.379 e. The third kappa shape index (κ3) is 2.36. The van der Waals surface area contributed by atoms with Crippen molar-refractivity contribution in [1.29, 1.82) is 0 Å². The maximum atomic E-state index is 12.2. The first kappa shape index (κ1) is 12.2. The van der Waals surface area contributed by atoms with Crippen molar-refractivity contribution < 1.29 is 9.53 Å². The highest BCUT2D eigenvalue weighted by Crippen LogP contribution is 2.28. The van der Waals surface area contributed by atoms with Crippen molar-refractivity contribution in [3.8, 4) is 0 Å². The molecule has 0 spiro atoms. The number of nitrogens with two attached hydrogens (primary N) is 1. The predicted molar refractivity (Wildman–Crippen MR) is 65.4 cm³/mol. The van der Waals surface area contributed by atoms with Crippen LogP contribution in [0.1, 0.15) is 19.8 Å². The molecule has 0 aromatic rings. The monoisotopic (exact) mass is 244 g/mol. The molecule has 0 saturated carbocycles. The number of thioether (sulfide) groups is 1. The molecule has 0 aliphatic carbocycles. The Morgan fingerprint density at radius 3 is 2.75 bits per heavy atom. The molecular formula is C11H20N2O2S. The molecule has 2 aliphatic rings. The summed E-state index contributed by atoms with van der Waals surface area (Å²) < 4.78 is 5.29. The molecule has 92 valence electrons. The van der Waals surface area contributed by atoms with Gasteiger partial charge >= 0.3 is 0 Å². The summed E-state index contributed by atoms with van der Waals surface area (Å²) in [7, 11) is 0. The zero-order chi connectivity index (χ0) is 11.6. The van der Waals surface area contributed by atoms with Gasteiger partial charge in [-0.3, -0.25) is 4.79 Å². The molecule has 2 heterocycles. The lowest BCUT2D eigenvalue weighted by Crippen LogP contribution is -2.52. The van der Waals surface area contributed by atoms with Gasteiger partial charge in [0.2, 0.25) is 5.91 Å². The van der Waals surface area contributed by atoms with E-state index in [1.807, 2.05) is 18.7 Å². The average molecular weight is 244 g/mol. The standard InChI is InChI=1S/C11H20N2O2S/c1-11(7-15-6-9(11)12)10(14)13-8-2-4-16-5-3-8/h8-9H,2-7,12H2,1H3,(H,13,14). The van der Waals surface area contributed by atoms with E-state index in [0.717, 1.165) is 24.3 Å². The minimum atomic E-state index is -0.537. The van der Waals surface area contributed by atoms with Gasteiger partial charge in [0.1, 0.15) is 0 Å². The van der Waals surface area contributed by atoms with Gasteiger partial charge in [-0.2, -0.15) is 11.8 Å². The zero-order valence-electron chi connectivity index (χ0n) is 9.70. The van der Waals surface area contributed by atoms with Crippen molar-refractivity contribution in [2.45, 2.75) is 31.8 Å². The van der Waals surface area contributed by atoms with Crippen LogP contribution in [0.5, 0.6) is 0 Å². The molecule has 16 heavy (non-hydrogen) atoms. The van der Waals surface area contributed by atoms with Gasteiger partial charge in [-0.05, 0) is 31.3 Å². The van der Waals surface area contributed by atoms with Crippen LogP contribution in [0, 0.1) is 5.41 Å². The van der Waals surface area contributed by atoms with Gasteiger partial charge in [-0.25, -0.2) is 0 Å². The molecule has 2 unspecified atom stereocenters. The molecular weight excluding hydrogens is 224 g/mol. The normalized spacial score (nSPS) is 36.2. The van der Waals surface area contributed by atoms with Crippen molar-refractivity contribution in [2.75, 3.05) is 24.7 Å². The van der Waals surface area contributed by atoms with Gasteiger partial charge in [0.15, 0.2) is 0 Å². The molecule has 3 N–H and O–H groups in total. The Kier molecular flexibility index (Phi) is 3.77. The molecule has 4 nitrogen and oxygen atoms in total. The van der Waals surface area contributed by atoms with Crippen LogP contribution in [0.15, 0.2) is 0 Å².